The molecule has 126 valence electrons. The van der Waals surface area contributed by atoms with E-state index in [9.17, 15) is 4.79 Å². The van der Waals surface area contributed by atoms with Gasteiger partial charge in [-0.25, -0.2) is 4.98 Å². The molecule has 0 unspecified atom stereocenters. The lowest BCUT2D eigenvalue weighted by Crippen LogP contribution is -2.26. The number of rotatable bonds is 4. The SMILES string of the molecule is Cc1cc(Cl)ccc1Nc1cc(C(=O)N(C)c2ccccc2)ccn1. The number of aromatic nitrogens is 1. The molecule has 5 heteroatoms. The van der Waals surface area contributed by atoms with Crippen LogP contribution in [0.25, 0.3) is 0 Å². The molecule has 0 aliphatic carbocycles. The summed E-state index contributed by atoms with van der Waals surface area (Å²) in [5.74, 6) is 0.516. The third-order valence-electron chi connectivity index (χ3n) is 3.91. The number of benzene rings is 2. The van der Waals surface area contributed by atoms with E-state index in [1.807, 2.05) is 55.5 Å². The number of amides is 1. The number of anilines is 3. The van der Waals surface area contributed by atoms with Crippen LogP contribution in [-0.2, 0) is 0 Å². The minimum atomic E-state index is -0.0931. The molecule has 0 saturated heterocycles. The highest BCUT2D eigenvalue weighted by Crippen LogP contribution is 2.23. The van der Waals surface area contributed by atoms with Crippen molar-refractivity contribution in [1.82, 2.24) is 4.98 Å². The molecule has 0 radical (unpaired) electrons. The molecule has 0 fully saturated rings. The molecule has 0 saturated carbocycles. The Morgan fingerprint density at radius 2 is 1.84 bits per heavy atom. The van der Waals surface area contributed by atoms with Crippen molar-refractivity contribution in [3.05, 3.63) is 83.0 Å². The van der Waals surface area contributed by atoms with Crippen molar-refractivity contribution >= 4 is 34.7 Å². The summed E-state index contributed by atoms with van der Waals surface area (Å²) in [5.41, 5.74) is 3.31. The first-order valence-electron chi connectivity index (χ1n) is 7.87. The number of pyridine rings is 1. The third-order valence-corrected chi connectivity index (χ3v) is 4.14. The van der Waals surface area contributed by atoms with Crippen LogP contribution in [0.2, 0.25) is 5.02 Å². The van der Waals surface area contributed by atoms with Crippen LogP contribution in [0, 0.1) is 6.92 Å². The fourth-order valence-corrected chi connectivity index (χ4v) is 2.73. The molecule has 0 aliphatic heterocycles. The highest BCUT2D eigenvalue weighted by atomic mass is 35.5. The van der Waals surface area contributed by atoms with Gasteiger partial charge in [0.15, 0.2) is 0 Å². The third kappa shape index (κ3) is 3.98. The van der Waals surface area contributed by atoms with Crippen molar-refractivity contribution < 1.29 is 4.79 Å². The number of nitrogens with one attached hydrogen (secondary N) is 1. The number of halogens is 1. The zero-order valence-corrected chi connectivity index (χ0v) is 14.8. The molecular formula is C20H18ClN3O. The zero-order chi connectivity index (χ0) is 17.8. The lowest BCUT2D eigenvalue weighted by Gasteiger charge is -2.17. The maximum absolute atomic E-state index is 12.7. The second kappa shape index (κ2) is 7.36. The van der Waals surface area contributed by atoms with E-state index >= 15 is 0 Å². The summed E-state index contributed by atoms with van der Waals surface area (Å²) in [4.78, 5) is 18.6. The smallest absolute Gasteiger partial charge is 0.258 e. The number of para-hydroxylation sites is 1. The lowest BCUT2D eigenvalue weighted by atomic mass is 10.2. The van der Waals surface area contributed by atoms with E-state index in [1.165, 1.54) is 0 Å². The second-order valence-corrected chi connectivity index (χ2v) is 6.15. The van der Waals surface area contributed by atoms with Crippen LogP contribution < -0.4 is 10.2 Å². The van der Waals surface area contributed by atoms with E-state index in [0.29, 0.717) is 16.4 Å². The molecule has 3 rings (SSSR count). The quantitative estimate of drug-likeness (QED) is 0.714. The highest BCUT2D eigenvalue weighted by molar-refractivity contribution is 6.30. The fourth-order valence-electron chi connectivity index (χ4n) is 2.50. The molecule has 0 atom stereocenters. The van der Waals surface area contributed by atoms with Gasteiger partial charge in [0.1, 0.15) is 5.82 Å². The summed E-state index contributed by atoms with van der Waals surface area (Å²) in [7, 11) is 1.76. The van der Waals surface area contributed by atoms with Crippen molar-refractivity contribution in [1.29, 1.82) is 0 Å². The van der Waals surface area contributed by atoms with Gasteiger partial charge < -0.3 is 10.2 Å². The van der Waals surface area contributed by atoms with E-state index in [0.717, 1.165) is 16.9 Å². The van der Waals surface area contributed by atoms with E-state index in [1.54, 1.807) is 30.3 Å². The van der Waals surface area contributed by atoms with Gasteiger partial charge in [-0.05, 0) is 55.0 Å². The summed E-state index contributed by atoms with van der Waals surface area (Å²) in [6.45, 7) is 1.96. The molecule has 3 aromatic rings. The van der Waals surface area contributed by atoms with E-state index < -0.39 is 0 Å². The standard InChI is InChI=1S/C20H18ClN3O/c1-14-12-16(21)8-9-18(14)23-19-13-15(10-11-22-19)20(25)24(2)17-6-4-3-5-7-17/h3-13H,1-2H3,(H,22,23). The van der Waals surface area contributed by atoms with Gasteiger partial charge in [-0.2, -0.15) is 0 Å². The second-order valence-electron chi connectivity index (χ2n) is 5.71. The Balaban J connectivity index is 1.82. The Labute approximate surface area is 152 Å². The van der Waals surface area contributed by atoms with Crippen LogP contribution in [0.4, 0.5) is 17.2 Å². The van der Waals surface area contributed by atoms with E-state index in [-0.39, 0.29) is 5.91 Å². The van der Waals surface area contributed by atoms with Crippen LogP contribution in [0.5, 0.6) is 0 Å². The highest BCUT2D eigenvalue weighted by Gasteiger charge is 2.14. The largest absolute Gasteiger partial charge is 0.340 e. The molecule has 0 aliphatic rings. The summed E-state index contributed by atoms with van der Waals surface area (Å²) >= 11 is 5.99. The molecule has 4 nitrogen and oxygen atoms in total. The topological polar surface area (TPSA) is 45.2 Å². The maximum atomic E-state index is 12.7. The van der Waals surface area contributed by atoms with Crippen molar-refractivity contribution in [2.45, 2.75) is 6.92 Å². The Bertz CT molecular complexity index is 896. The van der Waals surface area contributed by atoms with Crippen LogP contribution >= 0.6 is 11.6 Å². The van der Waals surface area contributed by atoms with Crippen molar-refractivity contribution in [2.75, 3.05) is 17.3 Å². The molecule has 1 N–H and O–H groups in total. The van der Waals surface area contributed by atoms with Crippen molar-refractivity contribution in [3.63, 3.8) is 0 Å². The monoisotopic (exact) mass is 351 g/mol. The minimum absolute atomic E-state index is 0.0931. The van der Waals surface area contributed by atoms with Crippen LogP contribution in [0.1, 0.15) is 15.9 Å². The van der Waals surface area contributed by atoms with Gasteiger partial charge in [-0.1, -0.05) is 29.8 Å². The predicted molar refractivity (Wildman–Crippen MR) is 103 cm³/mol. The number of nitrogens with zero attached hydrogens (tertiary/aromatic N) is 2. The first-order chi connectivity index (χ1) is 12.0. The van der Waals surface area contributed by atoms with Crippen LogP contribution in [-0.4, -0.2) is 17.9 Å². The van der Waals surface area contributed by atoms with Gasteiger partial charge >= 0.3 is 0 Å². The number of hydrogen-bond acceptors (Lipinski definition) is 3. The molecule has 25 heavy (non-hydrogen) atoms. The molecular weight excluding hydrogens is 334 g/mol. The van der Waals surface area contributed by atoms with Gasteiger partial charge in [0.05, 0.1) is 0 Å². The maximum Gasteiger partial charge on any atom is 0.258 e. The Morgan fingerprint density at radius 1 is 1.08 bits per heavy atom. The molecule has 1 heterocycles. The minimum Gasteiger partial charge on any atom is -0.340 e. The van der Waals surface area contributed by atoms with Gasteiger partial charge in [0.25, 0.3) is 5.91 Å². The predicted octanol–water partition coefficient (Wildman–Crippen LogP) is 5.06. The van der Waals surface area contributed by atoms with Crippen molar-refractivity contribution in [3.8, 4) is 0 Å². The zero-order valence-electron chi connectivity index (χ0n) is 14.0. The fraction of sp³-hybridized carbons (Fsp3) is 0.100. The molecule has 1 amide bonds. The van der Waals surface area contributed by atoms with E-state index in [2.05, 4.69) is 10.3 Å². The van der Waals surface area contributed by atoms with Gasteiger partial charge in [0, 0.05) is 35.2 Å². The van der Waals surface area contributed by atoms with Crippen LogP contribution in [0.15, 0.2) is 66.9 Å². The average Bonchev–Trinajstić information content (AvgIpc) is 2.64. The van der Waals surface area contributed by atoms with Crippen molar-refractivity contribution in [2.24, 2.45) is 0 Å². The molecule has 0 spiro atoms. The summed E-state index contributed by atoms with van der Waals surface area (Å²) in [5, 5.41) is 3.92. The Morgan fingerprint density at radius 3 is 2.56 bits per heavy atom. The van der Waals surface area contributed by atoms with Crippen LogP contribution in [0.3, 0.4) is 0 Å². The molecule has 1 aromatic heterocycles. The Hall–Kier alpha value is -2.85. The number of aryl methyl sites for hydroxylation is 1. The molecule has 2 aromatic carbocycles. The average molecular weight is 352 g/mol. The van der Waals surface area contributed by atoms with Gasteiger partial charge in [-0.3, -0.25) is 4.79 Å². The first-order valence-corrected chi connectivity index (χ1v) is 8.25. The van der Waals surface area contributed by atoms with E-state index in [4.69, 9.17) is 11.6 Å². The number of hydrogen-bond donors (Lipinski definition) is 1. The summed E-state index contributed by atoms with van der Waals surface area (Å²) < 4.78 is 0. The summed E-state index contributed by atoms with van der Waals surface area (Å²) in [6.07, 6.45) is 1.62. The Kier molecular flexibility index (Phi) is 5.00. The lowest BCUT2D eigenvalue weighted by molar-refractivity contribution is 0.0993. The number of carbonyl (C=O) groups is 1. The normalized spacial score (nSPS) is 10.4. The summed E-state index contributed by atoms with van der Waals surface area (Å²) in [6, 6.07) is 18.6. The number of carbonyl (C=O) groups excluding carboxylic acids is 1. The first kappa shape index (κ1) is 17.0. The van der Waals surface area contributed by atoms with Gasteiger partial charge in [0.2, 0.25) is 0 Å². The van der Waals surface area contributed by atoms with Gasteiger partial charge in [-0.15, -0.1) is 0 Å². The molecule has 0 bridgehead atoms.